The zero-order valence-electron chi connectivity index (χ0n) is 31.5. The molecule has 5 unspecified atom stereocenters. The van der Waals surface area contributed by atoms with Crippen LogP contribution >= 0.6 is 11.3 Å². The molecule has 2 aliphatic carbocycles. The molecule has 4 aliphatic rings. The topological polar surface area (TPSA) is 181 Å². The van der Waals surface area contributed by atoms with E-state index in [1.54, 1.807) is 7.11 Å². The third kappa shape index (κ3) is 8.66. The Labute approximate surface area is 324 Å². The molecule has 2 saturated carbocycles. The quantitative estimate of drug-likeness (QED) is 0.186. The van der Waals surface area contributed by atoms with E-state index in [0.717, 1.165) is 50.1 Å². The minimum absolute atomic E-state index is 0.0324. The summed E-state index contributed by atoms with van der Waals surface area (Å²) in [7, 11) is 1.58. The normalized spacial score (nSPS) is 26.7. The fourth-order valence-electron chi connectivity index (χ4n) is 7.90. The van der Waals surface area contributed by atoms with Crippen molar-refractivity contribution in [1.82, 2.24) is 25.5 Å². The number of alkyl carbamates (subject to hydrolysis) is 1. The number of rotatable bonds is 9. The van der Waals surface area contributed by atoms with E-state index < -0.39 is 47.6 Å². The largest absolute Gasteiger partial charge is 0.497 e. The van der Waals surface area contributed by atoms with Gasteiger partial charge in [-0.05, 0) is 77.3 Å². The lowest BCUT2D eigenvalue weighted by atomic mass is 10.0. The number of carbonyl (C=O) groups excluding carboxylic acids is 3. The zero-order valence-corrected chi connectivity index (χ0v) is 32.4. The van der Waals surface area contributed by atoms with Gasteiger partial charge in [0.05, 0.1) is 24.9 Å². The predicted octanol–water partition coefficient (Wildman–Crippen LogP) is 6.05. The maximum absolute atomic E-state index is 14.5. The predicted molar refractivity (Wildman–Crippen MR) is 207 cm³/mol. The monoisotopic (exact) mass is 774 g/mol. The molecule has 3 aromatic rings. The number of carboxylic acid groups (broad SMARTS) is 1. The highest BCUT2D eigenvalue weighted by Crippen LogP contribution is 2.45. The number of carbonyl (C=O) groups is 4. The summed E-state index contributed by atoms with van der Waals surface area (Å²) in [5, 5.41) is 22.6. The Morgan fingerprint density at radius 1 is 1.04 bits per heavy atom. The second-order valence-corrected chi connectivity index (χ2v) is 16.2. The van der Waals surface area contributed by atoms with Gasteiger partial charge < -0.3 is 40.2 Å². The molecular weight excluding hydrogens is 725 g/mol. The number of amides is 3. The second kappa shape index (κ2) is 16.4. The van der Waals surface area contributed by atoms with E-state index in [2.05, 4.69) is 16.0 Å². The Hall–Kier alpha value is -4.92. The molecule has 3 amide bonds. The van der Waals surface area contributed by atoms with Crippen molar-refractivity contribution in [2.45, 2.75) is 120 Å². The summed E-state index contributed by atoms with van der Waals surface area (Å²) in [6.07, 6.45) is 9.71. The van der Waals surface area contributed by atoms with Crippen LogP contribution in [-0.4, -0.2) is 93.4 Å². The number of aliphatic carboxylic acids is 1. The number of hydrogen-bond acceptors (Lipinski definition) is 11. The number of anilines is 1. The van der Waals surface area contributed by atoms with Crippen LogP contribution in [-0.2, 0) is 19.1 Å². The highest BCUT2D eigenvalue weighted by molar-refractivity contribution is 7.14. The summed E-state index contributed by atoms with van der Waals surface area (Å²) in [6.45, 7) is 4.11. The molecule has 7 rings (SSSR count). The summed E-state index contributed by atoms with van der Waals surface area (Å²) in [5.74, 6) is -1.37. The van der Waals surface area contributed by atoms with E-state index in [1.807, 2.05) is 55.6 Å². The highest BCUT2D eigenvalue weighted by Gasteiger charge is 2.61. The highest BCUT2D eigenvalue weighted by atomic mass is 32.1. The van der Waals surface area contributed by atoms with Gasteiger partial charge in [0.15, 0.2) is 5.13 Å². The minimum Gasteiger partial charge on any atom is -0.497 e. The number of pyridine rings is 1. The van der Waals surface area contributed by atoms with Crippen LogP contribution in [0.25, 0.3) is 22.3 Å². The third-order valence-corrected chi connectivity index (χ3v) is 11.7. The van der Waals surface area contributed by atoms with E-state index in [1.165, 1.54) is 16.2 Å². The molecule has 1 aromatic carbocycles. The van der Waals surface area contributed by atoms with Crippen LogP contribution in [0.4, 0.5) is 9.93 Å². The van der Waals surface area contributed by atoms with Crippen molar-refractivity contribution in [3.63, 3.8) is 0 Å². The first-order valence-corrected chi connectivity index (χ1v) is 20.3. The molecule has 0 spiro atoms. The van der Waals surface area contributed by atoms with Crippen LogP contribution in [0.5, 0.6) is 11.5 Å². The number of ether oxygens (including phenoxy) is 3. The smallest absolute Gasteiger partial charge is 0.408 e. The number of fused-ring (bicyclic) bond motifs is 3. The first-order chi connectivity index (χ1) is 26.5. The van der Waals surface area contributed by atoms with Crippen molar-refractivity contribution < 1.29 is 38.5 Å². The molecule has 4 heterocycles. The van der Waals surface area contributed by atoms with E-state index in [-0.39, 0.29) is 37.5 Å². The van der Waals surface area contributed by atoms with Crippen molar-refractivity contribution in [3.05, 3.63) is 41.8 Å². The van der Waals surface area contributed by atoms with Gasteiger partial charge in [-0.1, -0.05) is 25.0 Å². The molecule has 2 aliphatic heterocycles. The van der Waals surface area contributed by atoms with Crippen molar-refractivity contribution in [2.24, 2.45) is 5.92 Å². The number of thiazole rings is 1. The SMILES string of the molecule is COc1ccc2c(OC3CC4C(=O)NC5(C(=O)O)CC5/C=C/CCCCCC(NC(=O)OC5CCCC5)C(=O)N4C3)cc(-c3csc(NC(C)C)n3)nc2c1. The van der Waals surface area contributed by atoms with Gasteiger partial charge in [0.25, 0.3) is 0 Å². The molecule has 15 heteroatoms. The Morgan fingerprint density at radius 3 is 2.60 bits per heavy atom. The molecule has 3 fully saturated rings. The molecular formula is C40H50N6O8S. The van der Waals surface area contributed by atoms with E-state index in [4.69, 9.17) is 24.2 Å². The summed E-state index contributed by atoms with van der Waals surface area (Å²) >= 11 is 1.47. The van der Waals surface area contributed by atoms with Gasteiger partial charge in [-0.2, -0.15) is 0 Å². The molecule has 294 valence electrons. The fourth-order valence-corrected chi connectivity index (χ4v) is 8.75. The third-order valence-electron chi connectivity index (χ3n) is 10.9. The van der Waals surface area contributed by atoms with Gasteiger partial charge in [0, 0.05) is 41.3 Å². The molecule has 0 bridgehead atoms. The average Bonchev–Trinajstić information content (AvgIpc) is 3.58. The first kappa shape index (κ1) is 38.4. The molecule has 1 saturated heterocycles. The Morgan fingerprint density at radius 2 is 1.84 bits per heavy atom. The number of aromatic nitrogens is 2. The molecule has 14 nitrogen and oxygen atoms in total. The average molecular weight is 775 g/mol. The Balaban J connectivity index is 1.20. The Bertz CT molecular complexity index is 1940. The van der Waals surface area contributed by atoms with Crippen LogP contribution < -0.4 is 25.4 Å². The van der Waals surface area contributed by atoms with Gasteiger partial charge in [-0.15, -0.1) is 11.3 Å². The van der Waals surface area contributed by atoms with Gasteiger partial charge in [-0.25, -0.2) is 19.6 Å². The fraction of sp³-hybridized carbons (Fsp3) is 0.550. The summed E-state index contributed by atoms with van der Waals surface area (Å²) in [4.78, 5) is 65.5. The lowest BCUT2D eigenvalue weighted by Gasteiger charge is -2.29. The van der Waals surface area contributed by atoms with Crippen LogP contribution in [0, 0.1) is 5.92 Å². The summed E-state index contributed by atoms with van der Waals surface area (Å²) in [6, 6.07) is 5.50. The van der Waals surface area contributed by atoms with Crippen LogP contribution in [0.15, 0.2) is 41.8 Å². The molecule has 55 heavy (non-hydrogen) atoms. The van der Waals surface area contributed by atoms with Crippen LogP contribution in [0.3, 0.4) is 0 Å². The first-order valence-electron chi connectivity index (χ1n) is 19.4. The number of nitrogens with one attached hydrogen (secondary N) is 3. The van der Waals surface area contributed by atoms with Crippen LogP contribution in [0.1, 0.15) is 84.5 Å². The maximum Gasteiger partial charge on any atom is 0.408 e. The van der Waals surface area contributed by atoms with Crippen molar-refractivity contribution in [1.29, 1.82) is 0 Å². The van der Waals surface area contributed by atoms with Gasteiger partial charge in [0.1, 0.15) is 47.0 Å². The molecule has 2 aromatic heterocycles. The molecule has 5 atom stereocenters. The van der Waals surface area contributed by atoms with E-state index in [0.29, 0.717) is 46.6 Å². The van der Waals surface area contributed by atoms with Crippen molar-refractivity contribution in [2.75, 3.05) is 19.0 Å². The number of allylic oxidation sites excluding steroid dienone is 1. The van der Waals surface area contributed by atoms with E-state index in [9.17, 15) is 24.3 Å². The minimum atomic E-state index is -1.45. The van der Waals surface area contributed by atoms with Gasteiger partial charge >= 0.3 is 12.1 Å². The zero-order chi connectivity index (χ0) is 38.7. The lowest BCUT2D eigenvalue weighted by molar-refractivity contribution is -0.145. The lowest BCUT2D eigenvalue weighted by Crippen LogP contribution is -2.56. The summed E-state index contributed by atoms with van der Waals surface area (Å²) < 4.78 is 17.9. The van der Waals surface area contributed by atoms with Crippen LogP contribution in [0.2, 0.25) is 0 Å². The number of methoxy groups -OCH3 is 1. The van der Waals surface area contributed by atoms with E-state index >= 15 is 0 Å². The second-order valence-electron chi connectivity index (χ2n) is 15.4. The summed E-state index contributed by atoms with van der Waals surface area (Å²) in [5.41, 5.74) is 0.394. The Kier molecular flexibility index (Phi) is 11.5. The number of benzene rings is 1. The standard InChI is InChI=1S/C40H50N6O8S/c1-23(2)41-38-43-32(22-55-38)31-19-34(28-16-15-26(52-3)17-30(28)42-31)53-27-18-33-35(47)45-40(37(49)50)20-24(40)11-7-5-4-6-8-14-29(36(48)46(33)21-27)44-39(51)54-25-12-9-10-13-25/h7,11,15-17,19,22-25,27,29,33H,4-6,8-10,12-14,18,20-21H2,1-3H3,(H,41,43)(H,44,51)(H,45,47)(H,49,50)/b11-7+. The number of hydrogen-bond donors (Lipinski definition) is 4. The van der Waals surface area contributed by atoms with Crippen molar-refractivity contribution in [3.8, 4) is 22.9 Å². The molecule has 4 N–H and O–H groups in total. The van der Waals surface area contributed by atoms with Gasteiger partial charge in [-0.3, -0.25) is 9.59 Å². The number of carboxylic acids is 1. The maximum atomic E-state index is 14.5. The molecule has 0 radical (unpaired) electrons. The number of nitrogens with zero attached hydrogens (tertiary/aromatic N) is 3. The van der Waals surface area contributed by atoms with Gasteiger partial charge in [0.2, 0.25) is 11.8 Å². The van der Waals surface area contributed by atoms with Crippen molar-refractivity contribution >= 4 is 51.2 Å².